The smallest absolute Gasteiger partial charge is 0.221 e. The van der Waals surface area contributed by atoms with Crippen molar-refractivity contribution < 1.29 is 4.79 Å². The van der Waals surface area contributed by atoms with Gasteiger partial charge in [0.25, 0.3) is 0 Å². The minimum absolute atomic E-state index is 0.0477. The molecule has 0 bridgehead atoms. The zero-order chi connectivity index (χ0) is 14.5. The molecule has 0 spiro atoms. The van der Waals surface area contributed by atoms with E-state index >= 15 is 0 Å². The van der Waals surface area contributed by atoms with E-state index < -0.39 is 0 Å². The third-order valence-corrected chi connectivity index (χ3v) is 3.76. The predicted molar refractivity (Wildman–Crippen MR) is 80.2 cm³/mol. The lowest BCUT2D eigenvalue weighted by atomic mass is 9.92. The first-order chi connectivity index (χ1) is 8.71. The Morgan fingerprint density at radius 1 is 1.16 bits per heavy atom. The number of hydrogen-bond acceptors (Lipinski definition) is 3. The van der Waals surface area contributed by atoms with Gasteiger partial charge in [0.1, 0.15) is 0 Å². The lowest BCUT2D eigenvalue weighted by molar-refractivity contribution is -0.123. The highest BCUT2D eigenvalue weighted by Crippen LogP contribution is 2.20. The fourth-order valence-electron chi connectivity index (χ4n) is 2.41. The highest BCUT2D eigenvalue weighted by atomic mass is 16.1. The molecule has 4 nitrogen and oxygen atoms in total. The van der Waals surface area contributed by atoms with Crippen LogP contribution in [-0.4, -0.2) is 49.1 Å². The molecule has 1 amide bonds. The molecule has 1 saturated heterocycles. The topological polar surface area (TPSA) is 44.4 Å². The maximum atomic E-state index is 12.0. The van der Waals surface area contributed by atoms with Gasteiger partial charge in [0.05, 0.1) is 0 Å². The van der Waals surface area contributed by atoms with Crippen molar-refractivity contribution in [2.45, 2.75) is 53.0 Å². The third kappa shape index (κ3) is 6.39. The summed E-state index contributed by atoms with van der Waals surface area (Å²) in [4.78, 5) is 14.4. The largest absolute Gasteiger partial charge is 0.356 e. The minimum atomic E-state index is -0.0477. The van der Waals surface area contributed by atoms with Gasteiger partial charge in [-0.2, -0.15) is 0 Å². The van der Waals surface area contributed by atoms with E-state index in [0.717, 1.165) is 39.1 Å². The molecule has 2 N–H and O–H groups in total. The van der Waals surface area contributed by atoms with E-state index in [-0.39, 0.29) is 16.9 Å². The molecular weight excluding hydrogens is 238 g/mol. The van der Waals surface area contributed by atoms with Gasteiger partial charge in [0.2, 0.25) is 5.91 Å². The van der Waals surface area contributed by atoms with Crippen LogP contribution in [0.25, 0.3) is 0 Å². The Morgan fingerprint density at radius 2 is 1.74 bits per heavy atom. The summed E-state index contributed by atoms with van der Waals surface area (Å²) >= 11 is 0. The van der Waals surface area contributed by atoms with E-state index in [0.29, 0.717) is 6.42 Å². The second kappa shape index (κ2) is 6.71. The fraction of sp³-hybridized carbons (Fsp3) is 0.933. The summed E-state index contributed by atoms with van der Waals surface area (Å²) in [6, 6.07) is 0. The maximum Gasteiger partial charge on any atom is 0.221 e. The van der Waals surface area contributed by atoms with E-state index in [1.54, 1.807) is 0 Å². The molecule has 0 saturated carbocycles. The van der Waals surface area contributed by atoms with Gasteiger partial charge in [-0.15, -0.1) is 0 Å². The SMILES string of the molecule is CC(C)(C)CCNC(=O)CC(C)(C)N1CCNCC1. The molecule has 1 heterocycles. The lowest BCUT2D eigenvalue weighted by Gasteiger charge is -2.40. The molecule has 0 radical (unpaired) electrons. The predicted octanol–water partition coefficient (Wildman–Crippen LogP) is 1.61. The van der Waals surface area contributed by atoms with Gasteiger partial charge in [-0.3, -0.25) is 9.69 Å². The minimum Gasteiger partial charge on any atom is -0.356 e. The molecule has 4 heteroatoms. The van der Waals surface area contributed by atoms with E-state index in [9.17, 15) is 4.79 Å². The molecule has 0 aromatic carbocycles. The summed E-state index contributed by atoms with van der Waals surface area (Å²) in [5, 5.41) is 6.40. The number of amides is 1. The van der Waals surface area contributed by atoms with Crippen LogP contribution in [-0.2, 0) is 4.79 Å². The van der Waals surface area contributed by atoms with E-state index in [4.69, 9.17) is 0 Å². The van der Waals surface area contributed by atoms with Crippen LogP contribution in [0.1, 0.15) is 47.5 Å². The van der Waals surface area contributed by atoms with Gasteiger partial charge in [0.15, 0.2) is 0 Å². The van der Waals surface area contributed by atoms with Crippen LogP contribution < -0.4 is 10.6 Å². The Kier molecular flexibility index (Phi) is 5.81. The first kappa shape index (κ1) is 16.4. The third-order valence-electron chi connectivity index (χ3n) is 3.76. The first-order valence-corrected chi connectivity index (χ1v) is 7.43. The van der Waals surface area contributed by atoms with E-state index in [1.807, 2.05) is 0 Å². The molecule has 1 rings (SSSR count). The zero-order valence-corrected chi connectivity index (χ0v) is 13.3. The lowest BCUT2D eigenvalue weighted by Crippen LogP contribution is -2.54. The van der Waals surface area contributed by atoms with Gasteiger partial charge in [-0.1, -0.05) is 20.8 Å². The molecule has 0 unspecified atom stereocenters. The van der Waals surface area contributed by atoms with E-state index in [2.05, 4.69) is 50.2 Å². The van der Waals surface area contributed by atoms with Crippen molar-refractivity contribution in [2.24, 2.45) is 5.41 Å². The van der Waals surface area contributed by atoms with Crippen molar-refractivity contribution in [1.82, 2.24) is 15.5 Å². The molecule has 0 aromatic rings. The Bertz CT molecular complexity index is 288. The maximum absolute atomic E-state index is 12.0. The second-order valence-corrected chi connectivity index (χ2v) is 7.39. The van der Waals surface area contributed by atoms with Crippen molar-refractivity contribution in [3.8, 4) is 0 Å². The molecular formula is C15H31N3O. The van der Waals surface area contributed by atoms with Gasteiger partial charge >= 0.3 is 0 Å². The summed E-state index contributed by atoms with van der Waals surface area (Å²) in [7, 11) is 0. The van der Waals surface area contributed by atoms with Gasteiger partial charge in [-0.25, -0.2) is 0 Å². The van der Waals surface area contributed by atoms with Gasteiger partial charge in [-0.05, 0) is 25.7 Å². The average Bonchev–Trinajstić information content (AvgIpc) is 2.27. The summed E-state index contributed by atoms with van der Waals surface area (Å²) < 4.78 is 0. The Morgan fingerprint density at radius 3 is 2.26 bits per heavy atom. The number of nitrogens with zero attached hydrogens (tertiary/aromatic N) is 1. The molecule has 0 aliphatic carbocycles. The molecule has 1 fully saturated rings. The number of carbonyl (C=O) groups is 1. The molecule has 1 aliphatic rings. The zero-order valence-electron chi connectivity index (χ0n) is 13.3. The van der Waals surface area contributed by atoms with Crippen LogP contribution in [0.4, 0.5) is 0 Å². The van der Waals surface area contributed by atoms with Crippen molar-refractivity contribution in [3.63, 3.8) is 0 Å². The standard InChI is InChI=1S/C15H31N3O/c1-14(2,3)6-7-17-13(19)12-15(4,5)18-10-8-16-9-11-18/h16H,6-12H2,1-5H3,(H,17,19). The van der Waals surface area contributed by atoms with Gasteiger partial charge in [0, 0.05) is 44.7 Å². The average molecular weight is 269 g/mol. The molecule has 0 atom stereocenters. The van der Waals surface area contributed by atoms with Crippen LogP contribution in [0.2, 0.25) is 0 Å². The van der Waals surface area contributed by atoms with Crippen molar-refractivity contribution in [3.05, 3.63) is 0 Å². The highest BCUT2D eigenvalue weighted by molar-refractivity contribution is 5.77. The number of hydrogen-bond donors (Lipinski definition) is 2. The number of rotatable bonds is 5. The van der Waals surface area contributed by atoms with Crippen molar-refractivity contribution in [1.29, 1.82) is 0 Å². The number of nitrogens with one attached hydrogen (secondary N) is 2. The summed E-state index contributed by atoms with van der Waals surface area (Å²) in [5.41, 5.74) is 0.231. The summed E-state index contributed by atoms with van der Waals surface area (Å²) in [6.07, 6.45) is 1.60. The van der Waals surface area contributed by atoms with Gasteiger partial charge < -0.3 is 10.6 Å². The van der Waals surface area contributed by atoms with Crippen LogP contribution >= 0.6 is 0 Å². The number of carbonyl (C=O) groups excluding carboxylic acids is 1. The molecule has 19 heavy (non-hydrogen) atoms. The molecule has 112 valence electrons. The highest BCUT2D eigenvalue weighted by Gasteiger charge is 2.30. The van der Waals surface area contributed by atoms with Crippen LogP contribution in [0, 0.1) is 5.41 Å². The summed E-state index contributed by atoms with van der Waals surface area (Å²) in [5.74, 6) is 0.174. The monoisotopic (exact) mass is 269 g/mol. The quantitative estimate of drug-likeness (QED) is 0.797. The van der Waals surface area contributed by atoms with E-state index in [1.165, 1.54) is 0 Å². The number of piperazine rings is 1. The second-order valence-electron chi connectivity index (χ2n) is 7.39. The van der Waals surface area contributed by atoms with Crippen molar-refractivity contribution in [2.75, 3.05) is 32.7 Å². The van der Waals surface area contributed by atoms with Crippen LogP contribution in [0.3, 0.4) is 0 Å². The Labute approximate surface area is 118 Å². The van der Waals surface area contributed by atoms with Crippen LogP contribution in [0.5, 0.6) is 0 Å². The normalized spacial score (nSPS) is 18.4. The Hall–Kier alpha value is -0.610. The fourth-order valence-corrected chi connectivity index (χ4v) is 2.41. The van der Waals surface area contributed by atoms with Crippen molar-refractivity contribution >= 4 is 5.91 Å². The first-order valence-electron chi connectivity index (χ1n) is 7.43. The molecule has 1 aliphatic heterocycles. The Balaban J connectivity index is 2.33. The van der Waals surface area contributed by atoms with Crippen LogP contribution in [0.15, 0.2) is 0 Å². The molecule has 0 aromatic heterocycles. The summed E-state index contributed by atoms with van der Waals surface area (Å²) in [6.45, 7) is 15.8.